The number of rotatable bonds is 3. The lowest BCUT2D eigenvalue weighted by atomic mass is 10.3. The van der Waals surface area contributed by atoms with Gasteiger partial charge in [0.25, 0.3) is 11.6 Å². The van der Waals surface area contributed by atoms with Crippen molar-refractivity contribution in [2.75, 3.05) is 5.32 Å². The van der Waals surface area contributed by atoms with E-state index in [4.69, 9.17) is 0 Å². The van der Waals surface area contributed by atoms with E-state index in [0.29, 0.717) is 11.5 Å². The highest BCUT2D eigenvalue weighted by molar-refractivity contribution is 6.01. The zero-order valence-corrected chi connectivity index (χ0v) is 9.38. The molecule has 0 saturated heterocycles. The average molecular weight is 247 g/mol. The average Bonchev–Trinajstić information content (AvgIpc) is 2.76. The lowest BCUT2D eigenvalue weighted by Gasteiger charge is -2.01. The van der Waals surface area contributed by atoms with Crippen molar-refractivity contribution in [3.05, 3.63) is 46.0 Å². The van der Waals surface area contributed by atoms with Crippen LogP contribution in [0.15, 0.2) is 24.3 Å². The highest BCUT2D eigenvalue weighted by Gasteiger charge is 2.13. The minimum atomic E-state index is -0.535. The van der Waals surface area contributed by atoms with Crippen LogP contribution in [0.4, 0.5) is 11.4 Å². The Bertz CT molecular complexity index is 607. The molecule has 92 valence electrons. The van der Waals surface area contributed by atoms with Gasteiger partial charge in [-0.2, -0.15) is 0 Å². The summed E-state index contributed by atoms with van der Waals surface area (Å²) in [5.41, 5.74) is 0.218. The van der Waals surface area contributed by atoms with E-state index in [9.17, 15) is 14.9 Å². The maximum absolute atomic E-state index is 11.7. The Morgan fingerprint density at radius 1 is 1.50 bits per heavy atom. The summed E-state index contributed by atoms with van der Waals surface area (Å²) in [6, 6.07) is 5.63. The van der Waals surface area contributed by atoms with Crippen molar-refractivity contribution in [1.29, 1.82) is 0 Å². The van der Waals surface area contributed by atoms with Gasteiger partial charge in [-0.15, -0.1) is 5.10 Å². The first-order valence-corrected chi connectivity index (χ1v) is 5.01. The van der Waals surface area contributed by atoms with Gasteiger partial charge in [0, 0.05) is 17.8 Å². The molecule has 18 heavy (non-hydrogen) atoms. The fourth-order valence-corrected chi connectivity index (χ4v) is 1.33. The number of nitro benzene ring substituents is 1. The lowest BCUT2D eigenvalue weighted by molar-refractivity contribution is -0.384. The molecule has 2 rings (SSSR count). The maximum Gasteiger partial charge on any atom is 0.295 e. The molecule has 1 heterocycles. The van der Waals surface area contributed by atoms with E-state index in [2.05, 4.69) is 20.5 Å². The normalized spacial score (nSPS) is 10.1. The molecule has 2 aromatic rings. The lowest BCUT2D eigenvalue weighted by Crippen LogP contribution is -2.13. The summed E-state index contributed by atoms with van der Waals surface area (Å²) < 4.78 is 0. The van der Waals surface area contributed by atoms with Gasteiger partial charge in [0.1, 0.15) is 5.82 Å². The van der Waals surface area contributed by atoms with Crippen LogP contribution in [0.1, 0.15) is 16.4 Å². The van der Waals surface area contributed by atoms with Crippen LogP contribution >= 0.6 is 0 Å². The maximum atomic E-state index is 11.7. The first kappa shape index (κ1) is 11.7. The number of carbonyl (C=O) groups is 1. The summed E-state index contributed by atoms with van der Waals surface area (Å²) in [5.74, 6) is -0.0296. The predicted molar refractivity (Wildman–Crippen MR) is 62.2 cm³/mol. The molecule has 1 aromatic heterocycles. The van der Waals surface area contributed by atoms with Crippen LogP contribution in [0.25, 0.3) is 0 Å². The molecular formula is C10H9N5O3. The Morgan fingerprint density at radius 2 is 2.28 bits per heavy atom. The van der Waals surface area contributed by atoms with E-state index in [1.165, 1.54) is 18.2 Å². The molecule has 0 spiro atoms. The quantitative estimate of drug-likeness (QED) is 0.626. The second kappa shape index (κ2) is 4.62. The minimum absolute atomic E-state index is 0.0148. The van der Waals surface area contributed by atoms with Crippen LogP contribution in [-0.4, -0.2) is 26.0 Å². The SMILES string of the molecule is Cc1nc(C(=O)Nc2cccc([N+](=O)[O-])c2)n[nH]1. The number of non-ortho nitro benzene ring substituents is 1. The predicted octanol–water partition coefficient (Wildman–Crippen LogP) is 1.27. The van der Waals surface area contributed by atoms with Gasteiger partial charge >= 0.3 is 0 Å². The summed E-state index contributed by atoms with van der Waals surface area (Å²) in [7, 11) is 0. The number of nitro groups is 1. The fraction of sp³-hybridized carbons (Fsp3) is 0.100. The zero-order valence-electron chi connectivity index (χ0n) is 9.38. The molecule has 1 aromatic carbocycles. The van der Waals surface area contributed by atoms with Crippen molar-refractivity contribution in [3.63, 3.8) is 0 Å². The van der Waals surface area contributed by atoms with Crippen molar-refractivity contribution in [2.45, 2.75) is 6.92 Å². The van der Waals surface area contributed by atoms with Crippen LogP contribution in [0, 0.1) is 17.0 Å². The Morgan fingerprint density at radius 3 is 2.89 bits per heavy atom. The third kappa shape index (κ3) is 2.48. The molecule has 8 nitrogen and oxygen atoms in total. The Balaban J connectivity index is 2.16. The number of aromatic nitrogens is 3. The molecule has 0 aliphatic rings. The number of nitrogens with one attached hydrogen (secondary N) is 2. The van der Waals surface area contributed by atoms with Crippen molar-refractivity contribution in [2.24, 2.45) is 0 Å². The van der Waals surface area contributed by atoms with Gasteiger partial charge in [-0.1, -0.05) is 6.07 Å². The number of carbonyl (C=O) groups excluding carboxylic acids is 1. The Kier molecular flexibility index (Phi) is 3.00. The van der Waals surface area contributed by atoms with Gasteiger partial charge in [0.2, 0.25) is 5.82 Å². The summed E-state index contributed by atoms with van der Waals surface area (Å²) in [6.07, 6.45) is 0. The summed E-state index contributed by atoms with van der Waals surface area (Å²) in [6.45, 7) is 1.66. The fourth-order valence-electron chi connectivity index (χ4n) is 1.33. The molecule has 1 amide bonds. The molecule has 0 aliphatic carbocycles. The highest BCUT2D eigenvalue weighted by Crippen LogP contribution is 2.17. The van der Waals surface area contributed by atoms with Crippen LogP contribution in [0.2, 0.25) is 0 Å². The largest absolute Gasteiger partial charge is 0.319 e. The molecule has 0 saturated carbocycles. The van der Waals surface area contributed by atoms with Gasteiger partial charge in [0.05, 0.1) is 4.92 Å². The summed E-state index contributed by atoms with van der Waals surface area (Å²) >= 11 is 0. The van der Waals surface area contributed by atoms with Gasteiger partial charge in [-0.05, 0) is 13.0 Å². The number of anilines is 1. The number of aromatic amines is 1. The van der Waals surface area contributed by atoms with E-state index >= 15 is 0 Å². The standard InChI is InChI=1S/C10H9N5O3/c1-6-11-9(14-13-6)10(16)12-7-3-2-4-8(5-7)15(17)18/h2-5H,1H3,(H,12,16)(H,11,13,14). The van der Waals surface area contributed by atoms with Gasteiger partial charge in [-0.3, -0.25) is 20.0 Å². The van der Waals surface area contributed by atoms with Crippen LogP contribution in [-0.2, 0) is 0 Å². The molecule has 2 N–H and O–H groups in total. The molecule has 0 aliphatic heterocycles. The van der Waals surface area contributed by atoms with E-state index in [-0.39, 0.29) is 11.5 Å². The van der Waals surface area contributed by atoms with Crippen LogP contribution < -0.4 is 5.32 Å². The summed E-state index contributed by atoms with van der Waals surface area (Å²) in [4.78, 5) is 25.6. The number of hydrogen-bond donors (Lipinski definition) is 2. The number of hydrogen-bond acceptors (Lipinski definition) is 5. The Labute approximate surface area is 101 Å². The third-order valence-corrected chi connectivity index (χ3v) is 2.12. The number of aryl methyl sites for hydroxylation is 1. The molecule has 0 bridgehead atoms. The first-order chi connectivity index (χ1) is 8.56. The highest BCUT2D eigenvalue weighted by atomic mass is 16.6. The zero-order chi connectivity index (χ0) is 13.1. The van der Waals surface area contributed by atoms with Crippen molar-refractivity contribution >= 4 is 17.3 Å². The Hall–Kier alpha value is -2.77. The monoisotopic (exact) mass is 247 g/mol. The second-order valence-electron chi connectivity index (χ2n) is 3.51. The van der Waals surface area contributed by atoms with Crippen LogP contribution in [0.5, 0.6) is 0 Å². The van der Waals surface area contributed by atoms with E-state index in [1.807, 2.05) is 0 Å². The molecular weight excluding hydrogens is 238 g/mol. The van der Waals surface area contributed by atoms with Crippen molar-refractivity contribution in [1.82, 2.24) is 15.2 Å². The van der Waals surface area contributed by atoms with Gasteiger partial charge in [0.15, 0.2) is 0 Å². The molecule has 0 unspecified atom stereocenters. The second-order valence-corrected chi connectivity index (χ2v) is 3.51. The van der Waals surface area contributed by atoms with E-state index in [0.717, 1.165) is 0 Å². The van der Waals surface area contributed by atoms with E-state index in [1.54, 1.807) is 13.0 Å². The number of amides is 1. The number of nitrogens with zero attached hydrogens (tertiary/aromatic N) is 3. The minimum Gasteiger partial charge on any atom is -0.319 e. The van der Waals surface area contributed by atoms with E-state index < -0.39 is 10.8 Å². The van der Waals surface area contributed by atoms with Crippen LogP contribution in [0.3, 0.4) is 0 Å². The first-order valence-electron chi connectivity index (χ1n) is 5.01. The third-order valence-electron chi connectivity index (χ3n) is 2.12. The summed E-state index contributed by atoms with van der Waals surface area (Å²) in [5, 5.41) is 19.3. The van der Waals surface area contributed by atoms with Gasteiger partial charge in [-0.25, -0.2) is 4.98 Å². The number of H-pyrrole nitrogens is 1. The molecule has 0 radical (unpaired) electrons. The molecule has 0 fully saturated rings. The smallest absolute Gasteiger partial charge is 0.295 e. The van der Waals surface area contributed by atoms with Crippen molar-refractivity contribution in [3.8, 4) is 0 Å². The molecule has 8 heteroatoms. The molecule has 0 atom stereocenters. The topological polar surface area (TPSA) is 114 Å². The number of benzene rings is 1. The van der Waals surface area contributed by atoms with Crippen molar-refractivity contribution < 1.29 is 9.72 Å². The van der Waals surface area contributed by atoms with Gasteiger partial charge < -0.3 is 5.32 Å².